The second kappa shape index (κ2) is 8.16. The highest BCUT2D eigenvalue weighted by molar-refractivity contribution is 8.00. The molecular weight excluding hydrogens is 246 g/mol. The first-order chi connectivity index (χ1) is 8.69. The molecule has 1 rings (SSSR count). The zero-order valence-electron chi connectivity index (χ0n) is 11.1. The Balaban J connectivity index is 2.51. The van der Waals surface area contributed by atoms with Crippen molar-refractivity contribution in [1.82, 2.24) is 4.90 Å². The van der Waals surface area contributed by atoms with E-state index in [0.29, 0.717) is 18.8 Å². The fourth-order valence-electron chi connectivity index (χ4n) is 1.70. The zero-order chi connectivity index (χ0) is 13.4. The number of aliphatic hydroxyl groups excluding tert-OH is 1. The summed E-state index contributed by atoms with van der Waals surface area (Å²) >= 11 is 1.56. The summed E-state index contributed by atoms with van der Waals surface area (Å²) in [6.07, 6.45) is 0.917. The van der Waals surface area contributed by atoms with E-state index in [1.165, 1.54) is 5.56 Å². The Morgan fingerprint density at radius 2 is 2.06 bits per heavy atom. The van der Waals surface area contributed by atoms with Crippen LogP contribution in [0.3, 0.4) is 0 Å². The molecule has 0 radical (unpaired) electrons. The van der Waals surface area contributed by atoms with Crippen LogP contribution in [0.15, 0.2) is 29.2 Å². The van der Waals surface area contributed by atoms with Gasteiger partial charge in [-0.1, -0.05) is 25.1 Å². The van der Waals surface area contributed by atoms with Crippen LogP contribution in [-0.4, -0.2) is 41.4 Å². The lowest BCUT2D eigenvalue weighted by molar-refractivity contribution is -0.128. The van der Waals surface area contributed by atoms with E-state index in [2.05, 4.69) is 0 Å². The van der Waals surface area contributed by atoms with Gasteiger partial charge in [0.25, 0.3) is 0 Å². The fourth-order valence-corrected chi connectivity index (χ4v) is 2.63. The van der Waals surface area contributed by atoms with Gasteiger partial charge in [0.2, 0.25) is 5.91 Å². The average Bonchev–Trinajstić information content (AvgIpc) is 2.37. The molecule has 0 heterocycles. The van der Waals surface area contributed by atoms with Crippen molar-refractivity contribution in [2.45, 2.75) is 25.2 Å². The van der Waals surface area contributed by atoms with Crippen molar-refractivity contribution in [2.24, 2.45) is 0 Å². The molecule has 1 aromatic carbocycles. The highest BCUT2D eigenvalue weighted by Crippen LogP contribution is 2.21. The number of hydrogen-bond acceptors (Lipinski definition) is 3. The number of carbonyl (C=O) groups is 1. The van der Waals surface area contributed by atoms with Crippen LogP contribution in [0.1, 0.15) is 18.9 Å². The molecule has 1 N–H and O–H groups in total. The van der Waals surface area contributed by atoms with Gasteiger partial charge in [0, 0.05) is 18.0 Å². The van der Waals surface area contributed by atoms with E-state index < -0.39 is 0 Å². The summed E-state index contributed by atoms with van der Waals surface area (Å²) < 4.78 is 0. The third kappa shape index (κ3) is 4.70. The first kappa shape index (κ1) is 15.1. The largest absolute Gasteiger partial charge is 0.395 e. The maximum absolute atomic E-state index is 12.0. The van der Waals surface area contributed by atoms with Crippen molar-refractivity contribution < 1.29 is 9.90 Å². The molecular formula is C14H21NO2S. The summed E-state index contributed by atoms with van der Waals surface area (Å²) in [6.45, 7) is 5.26. The molecule has 0 unspecified atom stereocenters. The SMILES string of the molecule is CCCN(CCO)C(=O)CSc1ccccc1C. The van der Waals surface area contributed by atoms with Crippen molar-refractivity contribution >= 4 is 17.7 Å². The molecule has 1 amide bonds. The molecule has 0 bridgehead atoms. The van der Waals surface area contributed by atoms with Crippen LogP contribution in [0, 0.1) is 6.92 Å². The van der Waals surface area contributed by atoms with Gasteiger partial charge in [-0.25, -0.2) is 0 Å². The highest BCUT2D eigenvalue weighted by Gasteiger charge is 2.12. The van der Waals surface area contributed by atoms with Crippen molar-refractivity contribution in [3.8, 4) is 0 Å². The first-order valence-corrected chi connectivity index (χ1v) is 7.24. The standard InChI is InChI=1S/C14H21NO2S/c1-3-8-15(9-10-16)14(17)11-18-13-7-5-4-6-12(13)2/h4-7,16H,3,8-11H2,1-2H3. The lowest BCUT2D eigenvalue weighted by atomic mass is 10.2. The maximum Gasteiger partial charge on any atom is 0.233 e. The van der Waals surface area contributed by atoms with Gasteiger partial charge in [-0.2, -0.15) is 0 Å². The topological polar surface area (TPSA) is 40.5 Å². The molecule has 0 aliphatic carbocycles. The van der Waals surface area contributed by atoms with Crippen molar-refractivity contribution in [3.05, 3.63) is 29.8 Å². The number of amides is 1. The van der Waals surface area contributed by atoms with Crippen molar-refractivity contribution in [3.63, 3.8) is 0 Å². The molecule has 4 heteroatoms. The monoisotopic (exact) mass is 267 g/mol. The van der Waals surface area contributed by atoms with E-state index in [1.54, 1.807) is 16.7 Å². The molecule has 3 nitrogen and oxygen atoms in total. The van der Waals surface area contributed by atoms with Crippen LogP contribution in [0.5, 0.6) is 0 Å². The summed E-state index contributed by atoms with van der Waals surface area (Å²) in [4.78, 5) is 14.9. The van der Waals surface area contributed by atoms with E-state index in [9.17, 15) is 4.79 Å². The molecule has 0 aliphatic rings. The minimum Gasteiger partial charge on any atom is -0.395 e. The van der Waals surface area contributed by atoms with E-state index >= 15 is 0 Å². The van der Waals surface area contributed by atoms with Gasteiger partial charge in [0.15, 0.2) is 0 Å². The van der Waals surface area contributed by atoms with Gasteiger partial charge in [0.05, 0.1) is 12.4 Å². The van der Waals surface area contributed by atoms with Crippen LogP contribution in [0.2, 0.25) is 0 Å². The molecule has 18 heavy (non-hydrogen) atoms. The predicted octanol–water partition coefficient (Wildman–Crippen LogP) is 2.32. The van der Waals surface area contributed by atoms with Gasteiger partial charge >= 0.3 is 0 Å². The van der Waals surface area contributed by atoms with Crippen LogP contribution in [-0.2, 0) is 4.79 Å². The quantitative estimate of drug-likeness (QED) is 0.771. The number of aliphatic hydroxyl groups is 1. The van der Waals surface area contributed by atoms with Gasteiger partial charge in [-0.05, 0) is 25.0 Å². The Morgan fingerprint density at radius 1 is 1.33 bits per heavy atom. The molecule has 0 saturated heterocycles. The van der Waals surface area contributed by atoms with Crippen molar-refractivity contribution in [1.29, 1.82) is 0 Å². The third-order valence-corrected chi connectivity index (χ3v) is 3.82. The minimum absolute atomic E-state index is 0.0285. The number of carbonyl (C=O) groups excluding carboxylic acids is 1. The Bertz CT molecular complexity index is 376. The normalized spacial score (nSPS) is 10.4. The minimum atomic E-state index is 0.0285. The Morgan fingerprint density at radius 3 is 2.67 bits per heavy atom. The zero-order valence-corrected chi connectivity index (χ0v) is 11.9. The average molecular weight is 267 g/mol. The number of thioether (sulfide) groups is 1. The molecule has 1 aromatic rings. The lowest BCUT2D eigenvalue weighted by Gasteiger charge is -2.20. The van der Waals surface area contributed by atoms with E-state index in [1.807, 2.05) is 38.1 Å². The number of rotatable bonds is 7. The van der Waals surface area contributed by atoms with Gasteiger partial charge in [-0.15, -0.1) is 11.8 Å². The van der Waals surface area contributed by atoms with E-state index in [0.717, 1.165) is 11.3 Å². The summed E-state index contributed by atoms with van der Waals surface area (Å²) in [7, 11) is 0. The number of nitrogens with zero attached hydrogens (tertiary/aromatic N) is 1. The van der Waals surface area contributed by atoms with E-state index in [4.69, 9.17) is 5.11 Å². The van der Waals surface area contributed by atoms with Crippen LogP contribution in [0.25, 0.3) is 0 Å². The second-order valence-corrected chi connectivity index (χ2v) is 5.18. The summed E-state index contributed by atoms with van der Waals surface area (Å²) in [5.74, 6) is 0.532. The third-order valence-electron chi connectivity index (χ3n) is 2.66. The summed E-state index contributed by atoms with van der Waals surface area (Å²) in [5, 5.41) is 8.94. The van der Waals surface area contributed by atoms with Crippen LogP contribution < -0.4 is 0 Å². The Kier molecular flexibility index (Phi) is 6.83. The lowest BCUT2D eigenvalue weighted by Crippen LogP contribution is -2.35. The number of aryl methyl sites for hydroxylation is 1. The number of benzene rings is 1. The number of hydrogen-bond donors (Lipinski definition) is 1. The molecule has 0 atom stereocenters. The van der Waals surface area contributed by atoms with E-state index in [-0.39, 0.29) is 12.5 Å². The molecule has 0 saturated carbocycles. The van der Waals surface area contributed by atoms with Gasteiger partial charge in [0.1, 0.15) is 0 Å². The second-order valence-electron chi connectivity index (χ2n) is 4.16. The Labute approximate surface area is 113 Å². The molecule has 100 valence electrons. The first-order valence-electron chi connectivity index (χ1n) is 6.26. The maximum atomic E-state index is 12.0. The highest BCUT2D eigenvalue weighted by atomic mass is 32.2. The summed E-state index contributed by atoms with van der Waals surface area (Å²) in [5.41, 5.74) is 1.19. The van der Waals surface area contributed by atoms with Gasteiger partial charge in [-0.3, -0.25) is 4.79 Å². The fraction of sp³-hybridized carbons (Fsp3) is 0.500. The Hall–Kier alpha value is -1.00. The van der Waals surface area contributed by atoms with Crippen LogP contribution in [0.4, 0.5) is 0 Å². The summed E-state index contributed by atoms with van der Waals surface area (Å²) in [6, 6.07) is 8.06. The molecule has 0 aromatic heterocycles. The molecule has 0 aliphatic heterocycles. The predicted molar refractivity (Wildman–Crippen MR) is 75.9 cm³/mol. The van der Waals surface area contributed by atoms with Crippen molar-refractivity contribution in [2.75, 3.05) is 25.4 Å². The van der Waals surface area contributed by atoms with Crippen LogP contribution >= 0.6 is 11.8 Å². The molecule has 0 spiro atoms. The molecule has 0 fully saturated rings. The van der Waals surface area contributed by atoms with Gasteiger partial charge < -0.3 is 10.0 Å². The smallest absolute Gasteiger partial charge is 0.233 e.